The lowest BCUT2D eigenvalue weighted by Gasteiger charge is -2.32. The number of carbonyl (C=O) groups is 1. The van der Waals surface area contributed by atoms with Gasteiger partial charge in [0, 0.05) is 32.0 Å². The van der Waals surface area contributed by atoms with E-state index in [1.54, 1.807) is 36.7 Å². The first-order valence-electron chi connectivity index (χ1n) is 8.98. The summed E-state index contributed by atoms with van der Waals surface area (Å²) >= 11 is 0. The van der Waals surface area contributed by atoms with Crippen LogP contribution in [0.25, 0.3) is 0 Å². The molecule has 2 aromatic rings. The molecule has 0 bridgehead atoms. The van der Waals surface area contributed by atoms with Crippen LogP contribution in [0, 0.1) is 5.92 Å². The Hall–Kier alpha value is -2.63. The Bertz CT molecular complexity index is 900. The second-order valence-corrected chi connectivity index (χ2v) is 7.94. The summed E-state index contributed by atoms with van der Waals surface area (Å²) in [6, 6.07) is 6.90. The standard InChI is InChI=1S/C17H23N7O3S/c18-28(26,27)21-10-4-13-6-11-24(12-7-13)15-5-9-20-17(22-15)23-16(25)14-3-1-2-8-19-14/h1-3,5,8-9,13,21H,4,6-7,10-12H2,(H2,18,26,27)(H,20,22,23,25). The maximum absolute atomic E-state index is 12.2. The molecule has 3 rings (SSSR count). The van der Waals surface area contributed by atoms with Crippen molar-refractivity contribution >= 4 is 27.9 Å². The number of piperidine rings is 1. The molecule has 11 heteroatoms. The SMILES string of the molecule is NS(=O)(=O)NCCC1CCN(c2ccnc(NC(=O)c3ccccn3)n2)CC1. The molecule has 1 aliphatic heterocycles. The maximum Gasteiger partial charge on any atom is 0.276 e. The van der Waals surface area contributed by atoms with E-state index in [1.807, 2.05) is 0 Å². The van der Waals surface area contributed by atoms with Crippen LogP contribution in [0.1, 0.15) is 29.8 Å². The minimum absolute atomic E-state index is 0.229. The van der Waals surface area contributed by atoms with Gasteiger partial charge in [-0.15, -0.1) is 0 Å². The third-order valence-electron chi connectivity index (χ3n) is 4.56. The summed E-state index contributed by atoms with van der Waals surface area (Å²) in [5.41, 5.74) is 0.297. The summed E-state index contributed by atoms with van der Waals surface area (Å²) in [5.74, 6) is 1.04. The highest BCUT2D eigenvalue weighted by Gasteiger charge is 2.21. The molecule has 1 saturated heterocycles. The van der Waals surface area contributed by atoms with E-state index in [4.69, 9.17) is 5.14 Å². The summed E-state index contributed by atoms with van der Waals surface area (Å²) in [6.45, 7) is 1.94. The normalized spacial score (nSPS) is 15.4. The van der Waals surface area contributed by atoms with Gasteiger partial charge < -0.3 is 4.90 Å². The van der Waals surface area contributed by atoms with Gasteiger partial charge in [0.1, 0.15) is 11.5 Å². The number of carbonyl (C=O) groups excluding carboxylic acids is 1. The van der Waals surface area contributed by atoms with Crippen molar-refractivity contribution in [3.8, 4) is 0 Å². The zero-order chi connectivity index (χ0) is 20.0. The van der Waals surface area contributed by atoms with Crippen molar-refractivity contribution in [2.24, 2.45) is 11.1 Å². The molecule has 0 saturated carbocycles. The highest BCUT2D eigenvalue weighted by atomic mass is 32.2. The average Bonchev–Trinajstić information content (AvgIpc) is 2.68. The largest absolute Gasteiger partial charge is 0.356 e. The van der Waals surface area contributed by atoms with E-state index in [0.717, 1.165) is 38.2 Å². The number of nitrogens with one attached hydrogen (secondary N) is 2. The minimum Gasteiger partial charge on any atom is -0.356 e. The lowest BCUT2D eigenvalue weighted by molar-refractivity contribution is 0.102. The van der Waals surface area contributed by atoms with Gasteiger partial charge in [0.2, 0.25) is 5.95 Å². The smallest absolute Gasteiger partial charge is 0.276 e. The predicted molar refractivity (Wildman–Crippen MR) is 105 cm³/mol. The highest BCUT2D eigenvalue weighted by molar-refractivity contribution is 7.87. The Morgan fingerprint density at radius 3 is 2.64 bits per heavy atom. The van der Waals surface area contributed by atoms with E-state index in [2.05, 4.69) is 29.9 Å². The zero-order valence-corrected chi connectivity index (χ0v) is 16.1. The molecule has 10 nitrogen and oxygen atoms in total. The Morgan fingerprint density at radius 2 is 1.96 bits per heavy atom. The van der Waals surface area contributed by atoms with E-state index in [9.17, 15) is 13.2 Å². The molecule has 0 aliphatic carbocycles. The first-order chi connectivity index (χ1) is 13.4. The van der Waals surface area contributed by atoms with Gasteiger partial charge >= 0.3 is 0 Å². The summed E-state index contributed by atoms with van der Waals surface area (Å²) in [4.78, 5) is 26.9. The van der Waals surface area contributed by atoms with E-state index >= 15 is 0 Å². The highest BCUT2D eigenvalue weighted by Crippen LogP contribution is 2.24. The number of amides is 1. The summed E-state index contributed by atoms with van der Waals surface area (Å²) in [6.07, 6.45) is 5.75. The van der Waals surface area contributed by atoms with Crippen molar-refractivity contribution in [2.45, 2.75) is 19.3 Å². The lowest BCUT2D eigenvalue weighted by atomic mass is 9.94. The molecular formula is C17H23N7O3S. The number of pyridine rings is 1. The lowest BCUT2D eigenvalue weighted by Crippen LogP contribution is -2.37. The second kappa shape index (κ2) is 9.04. The van der Waals surface area contributed by atoms with Crippen molar-refractivity contribution in [3.05, 3.63) is 42.4 Å². The van der Waals surface area contributed by atoms with Crippen LogP contribution in [0.5, 0.6) is 0 Å². The molecule has 150 valence electrons. The van der Waals surface area contributed by atoms with Gasteiger partial charge in [-0.25, -0.2) is 14.8 Å². The maximum atomic E-state index is 12.2. The molecule has 1 amide bonds. The number of nitrogens with zero attached hydrogens (tertiary/aromatic N) is 4. The molecule has 3 heterocycles. The summed E-state index contributed by atoms with van der Waals surface area (Å²) in [5, 5.41) is 7.60. The molecule has 0 radical (unpaired) electrons. The first kappa shape index (κ1) is 20.1. The molecule has 0 unspecified atom stereocenters. The molecule has 1 aliphatic rings. The number of anilines is 2. The molecule has 0 spiro atoms. The Balaban J connectivity index is 1.53. The van der Waals surface area contributed by atoms with Crippen molar-refractivity contribution in [3.63, 3.8) is 0 Å². The van der Waals surface area contributed by atoms with Gasteiger partial charge in [-0.3, -0.25) is 15.1 Å². The molecule has 0 atom stereocenters. The summed E-state index contributed by atoms with van der Waals surface area (Å²) < 4.78 is 24.2. The van der Waals surface area contributed by atoms with Crippen LogP contribution < -0.4 is 20.1 Å². The number of nitrogens with two attached hydrogens (primary N) is 1. The van der Waals surface area contributed by atoms with E-state index in [1.165, 1.54) is 0 Å². The van der Waals surface area contributed by atoms with Gasteiger partial charge in [-0.1, -0.05) is 6.07 Å². The topological polar surface area (TPSA) is 143 Å². The van der Waals surface area contributed by atoms with Crippen molar-refractivity contribution < 1.29 is 13.2 Å². The molecular weight excluding hydrogens is 382 g/mol. The average molecular weight is 405 g/mol. The monoisotopic (exact) mass is 405 g/mol. The van der Waals surface area contributed by atoms with Crippen molar-refractivity contribution in [1.29, 1.82) is 0 Å². The fraction of sp³-hybridized carbons (Fsp3) is 0.412. The Labute approximate surface area is 163 Å². The molecule has 28 heavy (non-hydrogen) atoms. The summed E-state index contributed by atoms with van der Waals surface area (Å²) in [7, 11) is -3.63. The van der Waals surface area contributed by atoms with Gasteiger partial charge in [-0.05, 0) is 43.4 Å². The molecule has 2 aromatic heterocycles. The molecule has 0 aromatic carbocycles. The van der Waals surface area contributed by atoms with E-state index in [0.29, 0.717) is 18.2 Å². The fourth-order valence-corrected chi connectivity index (χ4v) is 3.51. The van der Waals surface area contributed by atoms with Crippen LogP contribution in [0.15, 0.2) is 36.7 Å². The number of hydrogen-bond acceptors (Lipinski definition) is 7. The van der Waals surface area contributed by atoms with Crippen LogP contribution >= 0.6 is 0 Å². The van der Waals surface area contributed by atoms with Gasteiger partial charge in [-0.2, -0.15) is 13.4 Å². The number of hydrogen-bond donors (Lipinski definition) is 3. The second-order valence-electron chi connectivity index (χ2n) is 6.57. The Morgan fingerprint density at radius 1 is 1.18 bits per heavy atom. The third kappa shape index (κ3) is 5.94. The van der Waals surface area contributed by atoms with Crippen LogP contribution in [-0.4, -0.2) is 48.9 Å². The fourth-order valence-electron chi connectivity index (χ4n) is 3.10. The van der Waals surface area contributed by atoms with Crippen LogP contribution in [0.3, 0.4) is 0 Å². The van der Waals surface area contributed by atoms with E-state index < -0.39 is 10.2 Å². The van der Waals surface area contributed by atoms with Crippen molar-refractivity contribution in [1.82, 2.24) is 19.7 Å². The predicted octanol–water partition coefficient (Wildman–Crippen LogP) is 0.523. The zero-order valence-electron chi connectivity index (χ0n) is 15.3. The molecule has 1 fully saturated rings. The number of aromatic nitrogens is 3. The number of rotatable bonds is 7. The van der Waals surface area contributed by atoms with Crippen LogP contribution in [0.4, 0.5) is 11.8 Å². The van der Waals surface area contributed by atoms with Crippen LogP contribution in [0.2, 0.25) is 0 Å². The Kier molecular flexibility index (Phi) is 6.49. The third-order valence-corrected chi connectivity index (χ3v) is 5.16. The van der Waals surface area contributed by atoms with Gasteiger partial charge in [0.15, 0.2) is 0 Å². The minimum atomic E-state index is -3.63. The first-order valence-corrected chi connectivity index (χ1v) is 10.5. The quantitative estimate of drug-likeness (QED) is 0.609. The van der Waals surface area contributed by atoms with Crippen molar-refractivity contribution in [2.75, 3.05) is 29.9 Å². The van der Waals surface area contributed by atoms with Crippen LogP contribution in [-0.2, 0) is 10.2 Å². The van der Waals surface area contributed by atoms with E-state index in [-0.39, 0.29) is 11.9 Å². The van der Waals surface area contributed by atoms with Gasteiger partial charge in [0.05, 0.1) is 0 Å². The molecule has 4 N–H and O–H groups in total. The van der Waals surface area contributed by atoms with Gasteiger partial charge in [0.25, 0.3) is 16.1 Å².